The summed E-state index contributed by atoms with van der Waals surface area (Å²) in [6, 6.07) is 1.34. The Kier molecular flexibility index (Phi) is 3.96. The number of ether oxygens (including phenoxy) is 1. The number of thiazole rings is 1. The van der Waals surface area contributed by atoms with Gasteiger partial charge in [0.1, 0.15) is 0 Å². The average molecular weight is 279 g/mol. The standard InChI is InChI=1S/C12H13N3O3S/c1-7-10(19-6-15-7)2-3-18-11-9(13)4-8(5-14-11)12(16)17/h4-6H,2-3,13H2,1H3,(H,16,17). The van der Waals surface area contributed by atoms with Crippen LogP contribution in [0.5, 0.6) is 5.88 Å². The van der Waals surface area contributed by atoms with Crippen LogP contribution in [-0.2, 0) is 6.42 Å². The molecular weight excluding hydrogens is 266 g/mol. The van der Waals surface area contributed by atoms with Crippen LogP contribution in [0.2, 0.25) is 0 Å². The van der Waals surface area contributed by atoms with Crippen LogP contribution in [-0.4, -0.2) is 27.7 Å². The molecule has 2 aromatic rings. The van der Waals surface area contributed by atoms with Crippen molar-refractivity contribution in [2.45, 2.75) is 13.3 Å². The van der Waals surface area contributed by atoms with Gasteiger partial charge in [-0.15, -0.1) is 11.3 Å². The molecule has 6 nitrogen and oxygen atoms in total. The molecule has 0 aliphatic rings. The van der Waals surface area contributed by atoms with E-state index in [0.717, 1.165) is 17.0 Å². The third kappa shape index (κ3) is 3.19. The lowest BCUT2D eigenvalue weighted by Gasteiger charge is -2.07. The summed E-state index contributed by atoms with van der Waals surface area (Å²) in [6.45, 7) is 2.37. The topological polar surface area (TPSA) is 98.3 Å². The number of rotatable bonds is 5. The predicted molar refractivity (Wildman–Crippen MR) is 71.7 cm³/mol. The van der Waals surface area contributed by atoms with Crippen LogP contribution in [0.4, 0.5) is 5.69 Å². The van der Waals surface area contributed by atoms with E-state index < -0.39 is 5.97 Å². The van der Waals surface area contributed by atoms with Gasteiger partial charge in [-0.25, -0.2) is 14.8 Å². The van der Waals surface area contributed by atoms with Gasteiger partial charge in [0, 0.05) is 17.5 Å². The van der Waals surface area contributed by atoms with Gasteiger partial charge in [0.2, 0.25) is 5.88 Å². The normalized spacial score (nSPS) is 10.4. The fourth-order valence-corrected chi connectivity index (χ4v) is 2.28. The van der Waals surface area contributed by atoms with Crippen LogP contribution in [0.15, 0.2) is 17.8 Å². The molecule has 7 heteroatoms. The predicted octanol–water partition coefficient (Wildman–Crippen LogP) is 1.75. The molecular formula is C12H13N3O3S. The Bertz CT molecular complexity index is 598. The van der Waals surface area contributed by atoms with Crippen molar-refractivity contribution in [2.24, 2.45) is 0 Å². The molecule has 2 heterocycles. The van der Waals surface area contributed by atoms with E-state index in [1.54, 1.807) is 16.8 Å². The van der Waals surface area contributed by atoms with Crippen molar-refractivity contribution in [2.75, 3.05) is 12.3 Å². The SMILES string of the molecule is Cc1ncsc1CCOc1ncc(C(=O)O)cc1N. The van der Waals surface area contributed by atoms with Crippen LogP contribution in [0.1, 0.15) is 20.9 Å². The summed E-state index contributed by atoms with van der Waals surface area (Å²) in [5, 5.41) is 8.79. The lowest BCUT2D eigenvalue weighted by atomic mass is 10.2. The molecule has 3 N–H and O–H groups in total. The van der Waals surface area contributed by atoms with E-state index in [0.29, 0.717) is 6.61 Å². The smallest absolute Gasteiger partial charge is 0.337 e. The summed E-state index contributed by atoms with van der Waals surface area (Å²) < 4.78 is 5.45. The summed E-state index contributed by atoms with van der Waals surface area (Å²) in [4.78, 5) is 19.9. The fourth-order valence-electron chi connectivity index (χ4n) is 1.51. The van der Waals surface area contributed by atoms with Crippen molar-refractivity contribution >= 4 is 23.0 Å². The molecule has 0 amide bonds. The van der Waals surface area contributed by atoms with Gasteiger partial charge in [-0.3, -0.25) is 0 Å². The number of nitrogens with zero attached hydrogens (tertiary/aromatic N) is 2. The molecule has 2 aromatic heterocycles. The van der Waals surface area contributed by atoms with Gasteiger partial charge in [0.25, 0.3) is 0 Å². The average Bonchev–Trinajstić information content (AvgIpc) is 2.77. The minimum absolute atomic E-state index is 0.0446. The van der Waals surface area contributed by atoms with E-state index in [1.165, 1.54) is 12.3 Å². The number of carboxylic acids is 1. The molecule has 0 bridgehead atoms. The van der Waals surface area contributed by atoms with Gasteiger partial charge >= 0.3 is 5.97 Å². The van der Waals surface area contributed by atoms with Crippen LogP contribution in [0.3, 0.4) is 0 Å². The zero-order valence-corrected chi connectivity index (χ0v) is 11.1. The highest BCUT2D eigenvalue weighted by Crippen LogP contribution is 2.20. The molecule has 19 heavy (non-hydrogen) atoms. The zero-order chi connectivity index (χ0) is 13.8. The molecule has 0 aromatic carbocycles. The van der Waals surface area contributed by atoms with Gasteiger partial charge in [-0.2, -0.15) is 0 Å². The molecule has 0 unspecified atom stereocenters. The second-order valence-electron chi connectivity index (χ2n) is 3.88. The molecule has 0 saturated carbocycles. The third-order valence-corrected chi connectivity index (χ3v) is 3.53. The molecule has 0 aliphatic heterocycles. The number of pyridine rings is 1. The Balaban J connectivity index is 1.96. The Morgan fingerprint density at radius 2 is 2.32 bits per heavy atom. The molecule has 0 fully saturated rings. The van der Waals surface area contributed by atoms with Crippen molar-refractivity contribution in [1.82, 2.24) is 9.97 Å². The van der Waals surface area contributed by atoms with Crippen molar-refractivity contribution in [3.8, 4) is 5.88 Å². The third-order valence-electron chi connectivity index (χ3n) is 2.54. The molecule has 0 spiro atoms. The van der Waals surface area contributed by atoms with Crippen molar-refractivity contribution < 1.29 is 14.6 Å². The second-order valence-corrected chi connectivity index (χ2v) is 4.82. The number of nitrogen functional groups attached to an aromatic ring is 1. The Morgan fingerprint density at radius 1 is 1.53 bits per heavy atom. The maximum Gasteiger partial charge on any atom is 0.337 e. The number of hydrogen-bond donors (Lipinski definition) is 2. The number of aromatic nitrogens is 2. The Labute approximate surface area is 113 Å². The summed E-state index contributed by atoms with van der Waals surface area (Å²) in [5.41, 5.74) is 8.74. The molecule has 0 atom stereocenters. The Hall–Kier alpha value is -2.15. The molecule has 0 radical (unpaired) electrons. The second kappa shape index (κ2) is 5.66. The molecule has 0 saturated heterocycles. The number of nitrogens with two attached hydrogens (primary N) is 1. The number of hydrogen-bond acceptors (Lipinski definition) is 6. The lowest BCUT2D eigenvalue weighted by Crippen LogP contribution is -2.07. The van der Waals surface area contributed by atoms with Crippen molar-refractivity contribution in [3.63, 3.8) is 0 Å². The molecule has 100 valence electrons. The van der Waals surface area contributed by atoms with Crippen LogP contribution in [0, 0.1) is 6.92 Å². The number of anilines is 1. The highest BCUT2D eigenvalue weighted by Gasteiger charge is 2.09. The van der Waals surface area contributed by atoms with Gasteiger partial charge in [-0.1, -0.05) is 0 Å². The highest BCUT2D eigenvalue weighted by atomic mass is 32.1. The van der Waals surface area contributed by atoms with Crippen molar-refractivity contribution in [1.29, 1.82) is 0 Å². The number of carboxylic acid groups (broad SMARTS) is 1. The van der Waals surface area contributed by atoms with Gasteiger partial charge in [0.05, 0.1) is 29.1 Å². The number of aryl methyl sites for hydroxylation is 1. The first-order valence-corrected chi connectivity index (χ1v) is 6.46. The van der Waals surface area contributed by atoms with E-state index in [2.05, 4.69) is 9.97 Å². The first kappa shape index (κ1) is 13.3. The van der Waals surface area contributed by atoms with Gasteiger partial charge in [0.15, 0.2) is 0 Å². The number of aromatic carboxylic acids is 1. The van der Waals surface area contributed by atoms with Crippen molar-refractivity contribution in [3.05, 3.63) is 33.9 Å². The van der Waals surface area contributed by atoms with Gasteiger partial charge in [-0.05, 0) is 13.0 Å². The maximum absolute atomic E-state index is 10.7. The van der Waals surface area contributed by atoms with Crippen LogP contribution < -0.4 is 10.5 Å². The lowest BCUT2D eigenvalue weighted by molar-refractivity contribution is 0.0696. The van der Waals surface area contributed by atoms with Gasteiger partial charge < -0.3 is 15.6 Å². The molecule has 2 rings (SSSR count). The first-order valence-electron chi connectivity index (χ1n) is 5.58. The minimum atomic E-state index is -1.06. The zero-order valence-electron chi connectivity index (χ0n) is 10.3. The molecule has 0 aliphatic carbocycles. The Morgan fingerprint density at radius 3 is 2.89 bits per heavy atom. The monoisotopic (exact) mass is 279 g/mol. The first-order chi connectivity index (χ1) is 9.08. The van der Waals surface area contributed by atoms with E-state index in [1.807, 2.05) is 6.92 Å². The van der Waals surface area contributed by atoms with Crippen LogP contribution >= 0.6 is 11.3 Å². The highest BCUT2D eigenvalue weighted by molar-refractivity contribution is 7.09. The van der Waals surface area contributed by atoms with E-state index >= 15 is 0 Å². The van der Waals surface area contributed by atoms with E-state index in [-0.39, 0.29) is 17.1 Å². The quantitative estimate of drug-likeness (QED) is 0.865. The fraction of sp³-hybridized carbons (Fsp3) is 0.250. The summed E-state index contributed by atoms with van der Waals surface area (Å²) >= 11 is 1.57. The summed E-state index contributed by atoms with van der Waals surface area (Å²) in [7, 11) is 0. The largest absolute Gasteiger partial charge is 0.478 e. The summed E-state index contributed by atoms with van der Waals surface area (Å²) in [6.07, 6.45) is 1.95. The maximum atomic E-state index is 10.7. The van der Waals surface area contributed by atoms with E-state index in [4.69, 9.17) is 15.6 Å². The summed E-state index contributed by atoms with van der Waals surface area (Å²) in [5.74, 6) is -0.807. The number of carbonyl (C=O) groups is 1. The van der Waals surface area contributed by atoms with E-state index in [9.17, 15) is 4.79 Å². The minimum Gasteiger partial charge on any atom is -0.478 e. The van der Waals surface area contributed by atoms with Crippen LogP contribution in [0.25, 0.3) is 0 Å².